The maximum absolute atomic E-state index is 12.3. The molecule has 154 valence electrons. The minimum Gasteiger partial charge on any atom is -0.359 e. The third-order valence-electron chi connectivity index (χ3n) is 6.00. The molecule has 2 aliphatic rings. The van der Waals surface area contributed by atoms with Gasteiger partial charge >= 0.3 is 12.2 Å². The van der Waals surface area contributed by atoms with Crippen molar-refractivity contribution in [3.8, 4) is 0 Å². The normalized spacial score (nSPS) is 23.3. The van der Waals surface area contributed by atoms with Gasteiger partial charge in [0.1, 0.15) is 0 Å². The number of nitrogens with zero attached hydrogens (tertiary/aromatic N) is 3. The van der Waals surface area contributed by atoms with Crippen LogP contribution in [-0.4, -0.2) is 61.9 Å². The van der Waals surface area contributed by atoms with Gasteiger partial charge in [0.15, 0.2) is 0 Å². The van der Waals surface area contributed by atoms with Crippen molar-refractivity contribution in [3.05, 3.63) is 23.8 Å². The Morgan fingerprint density at radius 2 is 1.93 bits per heavy atom. The van der Waals surface area contributed by atoms with Crippen LogP contribution < -0.4 is 10.2 Å². The third kappa shape index (κ3) is 3.55. The molecule has 2 aliphatic heterocycles. The molecule has 1 aromatic carbocycles. The lowest BCUT2D eigenvalue weighted by Gasteiger charge is -2.32. The largest absolute Gasteiger partial charge is 0.420 e. The molecule has 0 spiro atoms. The number of benzene rings is 1. The van der Waals surface area contributed by atoms with Crippen LogP contribution in [0.2, 0.25) is 0 Å². The number of carbonyl (C=O) groups excluding carboxylic acids is 2. The van der Waals surface area contributed by atoms with E-state index in [0.717, 1.165) is 25.8 Å². The van der Waals surface area contributed by atoms with Gasteiger partial charge < -0.3 is 14.5 Å². The van der Waals surface area contributed by atoms with E-state index in [1.165, 1.54) is 11.3 Å². The Labute approximate surface area is 167 Å². The summed E-state index contributed by atoms with van der Waals surface area (Å²) in [4.78, 5) is 30.7. The summed E-state index contributed by atoms with van der Waals surface area (Å²) in [5.41, 5.74) is 3.09. The molecule has 2 heterocycles. The molecule has 0 unspecified atom stereocenters. The second-order valence-electron chi connectivity index (χ2n) is 8.13. The number of carbonyl (C=O) groups is 2. The van der Waals surface area contributed by atoms with E-state index in [4.69, 9.17) is 4.74 Å². The average Bonchev–Trinajstić information content (AvgIpc) is 3.07. The Morgan fingerprint density at radius 1 is 1.25 bits per heavy atom. The summed E-state index contributed by atoms with van der Waals surface area (Å²) in [6.07, 6.45) is 1.71. The molecule has 0 radical (unpaired) electrons. The first-order chi connectivity index (χ1) is 13.3. The lowest BCUT2D eigenvalue weighted by atomic mass is 9.81. The second kappa shape index (κ2) is 7.99. The number of hydrogen-bond acceptors (Lipinski definition) is 5. The number of likely N-dealkylation sites (N-methyl/N-ethyl adjacent to an activating group) is 2. The van der Waals surface area contributed by atoms with E-state index in [1.807, 2.05) is 32.0 Å². The average molecular weight is 389 g/mol. The number of anilines is 2. The lowest BCUT2D eigenvalue weighted by molar-refractivity contribution is 0.124. The fourth-order valence-electron chi connectivity index (χ4n) is 4.78. The molecule has 0 saturated carbocycles. The van der Waals surface area contributed by atoms with Gasteiger partial charge in [-0.15, -0.1) is 0 Å². The van der Waals surface area contributed by atoms with Crippen LogP contribution in [0.4, 0.5) is 21.0 Å². The highest BCUT2D eigenvalue weighted by molar-refractivity contribution is 5.93. The van der Waals surface area contributed by atoms with Crippen LogP contribution in [0.25, 0.3) is 0 Å². The first-order valence-electron chi connectivity index (χ1n) is 10.2. The van der Waals surface area contributed by atoms with E-state index in [9.17, 15) is 9.59 Å². The van der Waals surface area contributed by atoms with Gasteiger partial charge in [-0.05, 0) is 50.1 Å². The quantitative estimate of drug-likeness (QED) is 0.776. The van der Waals surface area contributed by atoms with Crippen molar-refractivity contribution in [1.82, 2.24) is 9.80 Å². The van der Waals surface area contributed by atoms with Gasteiger partial charge in [-0.25, -0.2) is 9.59 Å². The molecule has 7 heteroatoms. The highest BCUT2D eigenvalue weighted by Crippen LogP contribution is 2.51. The molecular weight excluding hydrogens is 356 g/mol. The van der Waals surface area contributed by atoms with E-state index < -0.39 is 12.2 Å². The molecule has 1 aromatic rings. The highest BCUT2D eigenvalue weighted by atomic mass is 16.6. The molecule has 2 amide bonds. The highest BCUT2D eigenvalue weighted by Gasteiger charge is 2.52. The van der Waals surface area contributed by atoms with E-state index in [-0.39, 0.29) is 5.41 Å². The zero-order valence-corrected chi connectivity index (χ0v) is 17.6. The van der Waals surface area contributed by atoms with Gasteiger partial charge in [-0.3, -0.25) is 10.2 Å². The number of nitrogens with one attached hydrogen (secondary N) is 1. The SMILES string of the molecule is CCCN(CCC)C(=O)OC(=O)Nc1ccc2c(c1)[C@@]1(C)CCN(C)[C@H]1N2C. The summed E-state index contributed by atoms with van der Waals surface area (Å²) in [7, 11) is 4.27. The molecular formula is C21H32N4O3. The van der Waals surface area contributed by atoms with Crippen LogP contribution in [0.5, 0.6) is 0 Å². The standard InChI is InChI=1S/C21H32N4O3/c1-6-11-25(12-7-2)20(27)28-19(26)22-15-8-9-17-16(14-15)21(3)10-13-23(4)18(21)24(17)5/h8-9,14,18H,6-7,10-13H2,1-5H3,(H,22,26)/t18-,21+/m0/s1. The molecule has 28 heavy (non-hydrogen) atoms. The van der Waals surface area contributed by atoms with E-state index in [1.54, 1.807) is 4.90 Å². The van der Waals surface area contributed by atoms with Gasteiger partial charge in [-0.1, -0.05) is 20.8 Å². The van der Waals surface area contributed by atoms with E-state index in [2.05, 4.69) is 36.1 Å². The molecule has 0 bridgehead atoms. The smallest absolute Gasteiger partial charge is 0.359 e. The molecule has 0 aliphatic carbocycles. The predicted octanol–water partition coefficient (Wildman–Crippen LogP) is 3.85. The Morgan fingerprint density at radius 3 is 2.57 bits per heavy atom. The summed E-state index contributed by atoms with van der Waals surface area (Å²) < 4.78 is 5.01. The number of rotatable bonds is 5. The van der Waals surface area contributed by atoms with Gasteiger partial charge in [0.2, 0.25) is 0 Å². The predicted molar refractivity (Wildman–Crippen MR) is 111 cm³/mol. The van der Waals surface area contributed by atoms with Crippen molar-refractivity contribution in [2.24, 2.45) is 0 Å². The first-order valence-corrected chi connectivity index (χ1v) is 10.2. The molecule has 2 atom stereocenters. The van der Waals surface area contributed by atoms with Gasteiger partial charge in [-0.2, -0.15) is 0 Å². The zero-order valence-electron chi connectivity index (χ0n) is 17.6. The van der Waals surface area contributed by atoms with E-state index in [0.29, 0.717) is 24.9 Å². The molecule has 1 N–H and O–H groups in total. The number of likely N-dealkylation sites (tertiary alicyclic amines) is 1. The Hall–Kier alpha value is -2.28. The van der Waals surface area contributed by atoms with Crippen LogP contribution in [0.1, 0.15) is 45.6 Å². The van der Waals surface area contributed by atoms with Crippen molar-refractivity contribution in [2.45, 2.75) is 51.6 Å². The van der Waals surface area contributed by atoms with Gasteiger partial charge in [0.05, 0.1) is 6.17 Å². The monoisotopic (exact) mass is 388 g/mol. The van der Waals surface area contributed by atoms with Crippen LogP contribution >= 0.6 is 0 Å². The van der Waals surface area contributed by atoms with Crippen LogP contribution in [0.15, 0.2) is 18.2 Å². The van der Waals surface area contributed by atoms with Crippen LogP contribution in [0, 0.1) is 0 Å². The number of fused-ring (bicyclic) bond motifs is 3. The summed E-state index contributed by atoms with van der Waals surface area (Å²) >= 11 is 0. The maximum Gasteiger partial charge on any atom is 0.420 e. The second-order valence-corrected chi connectivity index (χ2v) is 8.13. The first kappa shape index (κ1) is 20.5. The third-order valence-corrected chi connectivity index (χ3v) is 6.00. The Kier molecular flexibility index (Phi) is 5.84. The maximum atomic E-state index is 12.3. The van der Waals surface area contributed by atoms with Gasteiger partial charge in [0, 0.05) is 43.5 Å². The molecule has 3 rings (SSSR count). The van der Waals surface area contributed by atoms with Crippen molar-refractivity contribution < 1.29 is 14.3 Å². The minimum atomic E-state index is -0.737. The molecule has 0 aromatic heterocycles. The fourth-order valence-corrected chi connectivity index (χ4v) is 4.78. The van der Waals surface area contributed by atoms with Crippen molar-refractivity contribution in [1.29, 1.82) is 0 Å². The van der Waals surface area contributed by atoms with Crippen molar-refractivity contribution in [2.75, 3.05) is 43.9 Å². The summed E-state index contributed by atoms with van der Waals surface area (Å²) in [5, 5.41) is 2.72. The summed E-state index contributed by atoms with van der Waals surface area (Å²) in [6, 6.07) is 5.92. The zero-order chi connectivity index (χ0) is 20.5. The van der Waals surface area contributed by atoms with Crippen molar-refractivity contribution in [3.63, 3.8) is 0 Å². The molecule has 1 fully saturated rings. The molecule has 1 saturated heterocycles. The Bertz CT molecular complexity index is 747. The van der Waals surface area contributed by atoms with E-state index >= 15 is 0 Å². The Balaban J connectivity index is 1.71. The lowest BCUT2D eigenvalue weighted by Crippen LogP contribution is -2.45. The topological polar surface area (TPSA) is 65.1 Å². The van der Waals surface area contributed by atoms with Crippen LogP contribution in [0.3, 0.4) is 0 Å². The summed E-state index contributed by atoms with van der Waals surface area (Å²) in [6.45, 7) is 8.47. The van der Waals surface area contributed by atoms with Gasteiger partial charge in [0.25, 0.3) is 0 Å². The summed E-state index contributed by atoms with van der Waals surface area (Å²) in [5.74, 6) is 0. The fraction of sp³-hybridized carbons (Fsp3) is 0.619. The van der Waals surface area contributed by atoms with Crippen LogP contribution in [-0.2, 0) is 10.2 Å². The van der Waals surface area contributed by atoms with Crippen molar-refractivity contribution >= 4 is 23.6 Å². The number of ether oxygens (including phenoxy) is 1. The molecule has 7 nitrogen and oxygen atoms in total. The minimum absolute atomic E-state index is 0.0231. The number of amides is 2. The number of hydrogen-bond donors (Lipinski definition) is 1.